The Bertz CT molecular complexity index is 952. The van der Waals surface area contributed by atoms with Gasteiger partial charge >= 0.3 is 0 Å². The third-order valence-corrected chi connectivity index (χ3v) is 6.05. The van der Waals surface area contributed by atoms with Crippen molar-refractivity contribution in [2.75, 3.05) is 39.4 Å². The van der Waals surface area contributed by atoms with Gasteiger partial charge in [0, 0.05) is 19.6 Å². The summed E-state index contributed by atoms with van der Waals surface area (Å²) in [7, 11) is 0. The number of nitrogens with one attached hydrogen (secondary N) is 1. The molecule has 0 unspecified atom stereocenters. The lowest BCUT2D eigenvalue weighted by Crippen LogP contribution is -2.38. The summed E-state index contributed by atoms with van der Waals surface area (Å²) in [4.78, 5) is 16.3. The molecule has 1 aliphatic heterocycles. The molecule has 0 aliphatic carbocycles. The number of halogens is 1. The smallest absolute Gasteiger partial charge is 0.270 e. The van der Waals surface area contributed by atoms with Gasteiger partial charge in [-0.15, -0.1) is 11.3 Å². The second-order valence-corrected chi connectivity index (χ2v) is 8.17. The number of aromatic nitrogens is 2. The summed E-state index contributed by atoms with van der Waals surface area (Å²) in [5.41, 5.74) is 1.93. The first-order valence-corrected chi connectivity index (χ1v) is 11.0. The predicted octanol–water partition coefficient (Wildman–Crippen LogP) is 3.71. The molecule has 1 fully saturated rings. The second-order valence-electron chi connectivity index (χ2n) is 6.82. The molecule has 1 aliphatic rings. The highest BCUT2D eigenvalue weighted by Gasteiger charge is 2.19. The zero-order chi connectivity index (χ0) is 20.1. The molecular formula is C21H23ClN4O2S. The van der Waals surface area contributed by atoms with Crippen LogP contribution < -0.4 is 5.32 Å². The maximum Gasteiger partial charge on any atom is 0.270 e. The average molecular weight is 431 g/mol. The quantitative estimate of drug-likeness (QED) is 0.580. The van der Waals surface area contributed by atoms with E-state index in [4.69, 9.17) is 16.3 Å². The molecular weight excluding hydrogens is 408 g/mol. The number of rotatable bonds is 7. The zero-order valence-electron chi connectivity index (χ0n) is 16.0. The molecule has 3 aromatic rings. The Kier molecular flexibility index (Phi) is 6.61. The number of para-hydroxylation sites is 1. The Morgan fingerprint density at radius 1 is 1.21 bits per heavy atom. The summed E-state index contributed by atoms with van der Waals surface area (Å²) >= 11 is 7.97. The van der Waals surface area contributed by atoms with Crippen molar-refractivity contribution in [2.24, 2.45) is 0 Å². The van der Waals surface area contributed by atoms with E-state index < -0.39 is 0 Å². The van der Waals surface area contributed by atoms with Gasteiger partial charge in [-0.2, -0.15) is 5.10 Å². The third-order valence-electron chi connectivity index (χ3n) is 4.84. The summed E-state index contributed by atoms with van der Waals surface area (Å²) in [6.45, 7) is 5.05. The Morgan fingerprint density at radius 2 is 2.03 bits per heavy atom. The van der Waals surface area contributed by atoms with Crippen molar-refractivity contribution in [1.82, 2.24) is 20.0 Å². The van der Waals surface area contributed by atoms with E-state index in [0.29, 0.717) is 22.9 Å². The maximum atomic E-state index is 12.9. The van der Waals surface area contributed by atoms with E-state index in [9.17, 15) is 4.79 Å². The molecule has 1 aromatic carbocycles. The normalized spacial score (nSPS) is 14.8. The van der Waals surface area contributed by atoms with E-state index in [1.807, 2.05) is 41.8 Å². The predicted molar refractivity (Wildman–Crippen MR) is 116 cm³/mol. The van der Waals surface area contributed by atoms with E-state index in [1.165, 1.54) is 0 Å². The molecule has 0 bridgehead atoms. The van der Waals surface area contributed by atoms with Gasteiger partial charge in [0.05, 0.1) is 28.8 Å². The van der Waals surface area contributed by atoms with Crippen molar-refractivity contribution in [3.8, 4) is 16.3 Å². The van der Waals surface area contributed by atoms with Gasteiger partial charge in [0.2, 0.25) is 0 Å². The van der Waals surface area contributed by atoms with Crippen LogP contribution in [0.15, 0.2) is 47.8 Å². The van der Waals surface area contributed by atoms with Crippen LogP contribution in [0, 0.1) is 0 Å². The van der Waals surface area contributed by atoms with Gasteiger partial charge in [-0.25, -0.2) is 4.68 Å². The van der Waals surface area contributed by atoms with E-state index in [-0.39, 0.29) is 5.91 Å². The molecule has 0 radical (unpaired) electrons. The maximum absolute atomic E-state index is 12.9. The number of morpholine rings is 1. The summed E-state index contributed by atoms with van der Waals surface area (Å²) in [5, 5.41) is 10.2. The summed E-state index contributed by atoms with van der Waals surface area (Å²) in [5.74, 6) is -0.151. The largest absolute Gasteiger partial charge is 0.379 e. The van der Waals surface area contributed by atoms with Crippen molar-refractivity contribution in [3.63, 3.8) is 0 Å². The van der Waals surface area contributed by atoms with Gasteiger partial charge in [-0.3, -0.25) is 9.69 Å². The van der Waals surface area contributed by atoms with Gasteiger partial charge in [0.15, 0.2) is 0 Å². The number of nitrogens with zero attached hydrogens (tertiary/aromatic N) is 3. The topological polar surface area (TPSA) is 59.4 Å². The van der Waals surface area contributed by atoms with Crippen molar-refractivity contribution in [2.45, 2.75) is 6.42 Å². The number of carbonyl (C=O) groups excluding carboxylic acids is 1. The molecule has 6 nitrogen and oxygen atoms in total. The Labute approximate surface area is 179 Å². The molecule has 4 rings (SSSR count). The van der Waals surface area contributed by atoms with Crippen molar-refractivity contribution < 1.29 is 9.53 Å². The average Bonchev–Trinajstić information content (AvgIpc) is 3.42. The lowest BCUT2D eigenvalue weighted by molar-refractivity contribution is 0.0374. The molecule has 8 heteroatoms. The standard InChI is InChI=1S/C21H23ClN4O2S/c22-16-5-1-2-6-18(16)26-19(15-17(24-26)20-7-3-14-29-20)21(27)23-8-4-9-25-10-12-28-13-11-25/h1-3,5-7,14-15H,4,8-13H2,(H,23,27). The summed E-state index contributed by atoms with van der Waals surface area (Å²) in [6.07, 6.45) is 0.893. The van der Waals surface area contributed by atoms with E-state index >= 15 is 0 Å². The van der Waals surface area contributed by atoms with Crippen LogP contribution in [0.4, 0.5) is 0 Å². The number of thiophene rings is 1. The molecule has 1 N–H and O–H groups in total. The van der Waals surface area contributed by atoms with Crippen LogP contribution >= 0.6 is 22.9 Å². The van der Waals surface area contributed by atoms with Crippen LogP contribution in [-0.2, 0) is 4.74 Å². The minimum absolute atomic E-state index is 0.151. The minimum atomic E-state index is -0.151. The molecule has 152 valence electrons. The fourth-order valence-electron chi connectivity index (χ4n) is 3.31. The Hall–Kier alpha value is -2.19. The molecule has 0 saturated carbocycles. The lowest BCUT2D eigenvalue weighted by Gasteiger charge is -2.26. The molecule has 29 heavy (non-hydrogen) atoms. The van der Waals surface area contributed by atoms with Gasteiger partial charge in [-0.05, 0) is 42.6 Å². The number of carbonyl (C=O) groups is 1. The first kappa shape index (κ1) is 20.1. The van der Waals surface area contributed by atoms with E-state index in [2.05, 4.69) is 15.3 Å². The second kappa shape index (κ2) is 9.54. The molecule has 0 spiro atoms. The number of benzene rings is 1. The van der Waals surface area contributed by atoms with Crippen molar-refractivity contribution >= 4 is 28.8 Å². The van der Waals surface area contributed by atoms with Gasteiger partial charge < -0.3 is 10.1 Å². The zero-order valence-corrected chi connectivity index (χ0v) is 17.6. The molecule has 1 saturated heterocycles. The van der Waals surface area contributed by atoms with Crippen LogP contribution in [-0.4, -0.2) is 60.0 Å². The number of hydrogen-bond acceptors (Lipinski definition) is 5. The first-order chi connectivity index (χ1) is 14.2. The van der Waals surface area contributed by atoms with Crippen molar-refractivity contribution in [1.29, 1.82) is 0 Å². The molecule has 0 atom stereocenters. The highest BCUT2D eigenvalue weighted by atomic mass is 35.5. The summed E-state index contributed by atoms with van der Waals surface area (Å²) in [6, 6.07) is 13.2. The third kappa shape index (κ3) is 4.87. The Morgan fingerprint density at radius 3 is 2.79 bits per heavy atom. The number of ether oxygens (including phenoxy) is 1. The fourth-order valence-corrected chi connectivity index (χ4v) is 4.21. The molecule has 2 aromatic heterocycles. The number of hydrogen-bond donors (Lipinski definition) is 1. The highest BCUT2D eigenvalue weighted by Crippen LogP contribution is 2.28. The van der Waals surface area contributed by atoms with Crippen LogP contribution in [0.2, 0.25) is 5.02 Å². The summed E-state index contributed by atoms with van der Waals surface area (Å²) < 4.78 is 7.00. The van der Waals surface area contributed by atoms with E-state index in [0.717, 1.165) is 49.8 Å². The van der Waals surface area contributed by atoms with Crippen LogP contribution in [0.3, 0.4) is 0 Å². The van der Waals surface area contributed by atoms with Crippen LogP contribution in [0.25, 0.3) is 16.3 Å². The molecule has 1 amide bonds. The van der Waals surface area contributed by atoms with Crippen LogP contribution in [0.1, 0.15) is 16.9 Å². The Balaban J connectivity index is 1.49. The van der Waals surface area contributed by atoms with Crippen molar-refractivity contribution in [3.05, 3.63) is 58.6 Å². The monoisotopic (exact) mass is 430 g/mol. The van der Waals surface area contributed by atoms with Gasteiger partial charge in [-0.1, -0.05) is 29.8 Å². The van der Waals surface area contributed by atoms with Gasteiger partial charge in [0.1, 0.15) is 11.4 Å². The van der Waals surface area contributed by atoms with Gasteiger partial charge in [0.25, 0.3) is 5.91 Å². The highest BCUT2D eigenvalue weighted by molar-refractivity contribution is 7.13. The van der Waals surface area contributed by atoms with Crippen LogP contribution in [0.5, 0.6) is 0 Å². The minimum Gasteiger partial charge on any atom is -0.379 e. The number of amides is 1. The SMILES string of the molecule is O=C(NCCCN1CCOCC1)c1cc(-c2cccs2)nn1-c1ccccc1Cl. The first-order valence-electron chi connectivity index (χ1n) is 9.69. The fraction of sp³-hybridized carbons (Fsp3) is 0.333. The lowest BCUT2D eigenvalue weighted by atomic mass is 10.2. The van der Waals surface area contributed by atoms with E-state index in [1.54, 1.807) is 22.1 Å². The molecule has 3 heterocycles.